The van der Waals surface area contributed by atoms with Crippen molar-refractivity contribution in [2.24, 2.45) is 0 Å². The second-order valence-electron chi connectivity index (χ2n) is 7.49. The fourth-order valence-electron chi connectivity index (χ4n) is 3.98. The van der Waals surface area contributed by atoms with Gasteiger partial charge in [0.25, 0.3) is 11.7 Å². The van der Waals surface area contributed by atoms with Gasteiger partial charge in [0.1, 0.15) is 16.6 Å². The molecule has 1 amide bonds. The molecular weight excluding hydrogens is 520 g/mol. The quantitative estimate of drug-likeness (QED) is 0.231. The smallest absolute Gasteiger partial charge is 0.300 e. The van der Waals surface area contributed by atoms with Crippen LogP contribution in [0.5, 0.6) is 11.5 Å². The number of hydrogen-bond donors (Lipinski definition) is 1. The first kappa shape index (κ1) is 24.9. The highest BCUT2D eigenvalue weighted by molar-refractivity contribution is 6.52. The molecule has 0 aromatic heterocycles. The molecule has 1 fully saturated rings. The Morgan fingerprint density at radius 1 is 0.971 bits per heavy atom. The summed E-state index contributed by atoms with van der Waals surface area (Å²) in [7, 11) is 2.67. The maximum Gasteiger partial charge on any atom is 0.300 e. The molecule has 1 N–H and O–H groups in total. The zero-order valence-electron chi connectivity index (χ0n) is 18.3. The minimum Gasteiger partial charge on any atom is -0.507 e. The van der Waals surface area contributed by atoms with Crippen LogP contribution in [0.4, 0.5) is 10.1 Å². The first-order valence-corrected chi connectivity index (χ1v) is 11.2. The largest absolute Gasteiger partial charge is 0.507 e. The molecule has 0 aliphatic carbocycles. The fraction of sp³-hybridized carbons (Fsp3) is 0.120. The van der Waals surface area contributed by atoms with Crippen LogP contribution in [-0.2, 0) is 9.59 Å². The number of aliphatic hydroxyl groups is 1. The Hall–Kier alpha value is -3.26. The Labute approximate surface area is 215 Å². The van der Waals surface area contributed by atoms with Gasteiger partial charge in [-0.25, -0.2) is 4.39 Å². The molecule has 10 heteroatoms. The summed E-state index contributed by atoms with van der Waals surface area (Å²) in [6.07, 6.45) is 0. The molecular formula is C25H17Cl3FNO5. The Balaban J connectivity index is 2.02. The molecule has 35 heavy (non-hydrogen) atoms. The van der Waals surface area contributed by atoms with Crippen molar-refractivity contribution in [3.05, 3.63) is 92.2 Å². The molecule has 0 saturated carbocycles. The molecule has 4 rings (SSSR count). The summed E-state index contributed by atoms with van der Waals surface area (Å²) in [6, 6.07) is 11.7. The van der Waals surface area contributed by atoms with Gasteiger partial charge in [-0.1, -0.05) is 53.0 Å². The lowest BCUT2D eigenvalue weighted by Gasteiger charge is -2.26. The number of rotatable bonds is 5. The summed E-state index contributed by atoms with van der Waals surface area (Å²) in [4.78, 5) is 27.7. The van der Waals surface area contributed by atoms with E-state index in [2.05, 4.69) is 0 Å². The topological polar surface area (TPSA) is 76.1 Å². The van der Waals surface area contributed by atoms with Crippen molar-refractivity contribution < 1.29 is 28.6 Å². The molecule has 1 aliphatic rings. The summed E-state index contributed by atoms with van der Waals surface area (Å²) in [5.41, 5.74) is 0.388. The molecule has 3 aromatic rings. The Morgan fingerprint density at radius 2 is 1.63 bits per heavy atom. The Bertz CT molecular complexity index is 1370. The molecule has 1 saturated heterocycles. The first-order chi connectivity index (χ1) is 16.7. The second-order valence-corrected chi connectivity index (χ2v) is 8.71. The van der Waals surface area contributed by atoms with E-state index in [0.717, 1.165) is 0 Å². The van der Waals surface area contributed by atoms with E-state index in [0.29, 0.717) is 16.3 Å². The van der Waals surface area contributed by atoms with Crippen molar-refractivity contribution >= 4 is 57.9 Å². The van der Waals surface area contributed by atoms with E-state index < -0.39 is 29.3 Å². The third-order valence-corrected chi connectivity index (χ3v) is 6.37. The van der Waals surface area contributed by atoms with E-state index in [1.807, 2.05) is 0 Å². The van der Waals surface area contributed by atoms with Crippen LogP contribution < -0.4 is 14.4 Å². The number of amides is 1. The maximum absolute atomic E-state index is 13.7. The van der Waals surface area contributed by atoms with Crippen LogP contribution in [-0.4, -0.2) is 31.0 Å². The summed E-state index contributed by atoms with van der Waals surface area (Å²) in [5.74, 6) is -2.88. The standard InChI is InChI=1S/C25H17Cl3FNO5/c1-34-23-16(11-17(27)24(35-2)19(23)28)21(31)18-20(12-6-8-14(29)9-7-12)30(25(33)22(18)32)15-5-3-4-13(26)10-15/h3-11,20,31H,1-2H3/b21-18+. The minimum absolute atomic E-state index is 0.0165. The molecule has 1 heterocycles. The molecule has 1 aliphatic heterocycles. The molecule has 0 spiro atoms. The van der Waals surface area contributed by atoms with E-state index in [1.54, 1.807) is 18.2 Å². The molecule has 1 atom stereocenters. The highest BCUT2D eigenvalue weighted by atomic mass is 35.5. The minimum atomic E-state index is -1.11. The third-order valence-electron chi connectivity index (χ3n) is 5.51. The summed E-state index contributed by atoms with van der Waals surface area (Å²) >= 11 is 18.8. The van der Waals surface area contributed by atoms with Gasteiger partial charge in [0.05, 0.1) is 36.4 Å². The molecule has 3 aromatic carbocycles. The lowest BCUT2D eigenvalue weighted by atomic mass is 9.94. The van der Waals surface area contributed by atoms with Crippen molar-refractivity contribution in [2.45, 2.75) is 6.04 Å². The van der Waals surface area contributed by atoms with Crippen LogP contribution in [0, 0.1) is 5.82 Å². The number of halogens is 4. The van der Waals surface area contributed by atoms with Crippen LogP contribution in [0.15, 0.2) is 60.2 Å². The number of ether oxygens (including phenoxy) is 2. The van der Waals surface area contributed by atoms with Crippen molar-refractivity contribution in [3.63, 3.8) is 0 Å². The van der Waals surface area contributed by atoms with Gasteiger partial charge in [-0.3, -0.25) is 14.5 Å². The number of aliphatic hydroxyl groups excluding tert-OH is 1. The van der Waals surface area contributed by atoms with Gasteiger partial charge in [0.2, 0.25) is 0 Å². The highest BCUT2D eigenvalue weighted by Gasteiger charge is 2.47. The van der Waals surface area contributed by atoms with Crippen LogP contribution in [0.25, 0.3) is 5.76 Å². The van der Waals surface area contributed by atoms with Crippen LogP contribution in [0.1, 0.15) is 17.2 Å². The van der Waals surface area contributed by atoms with E-state index in [9.17, 15) is 19.1 Å². The number of carbonyl (C=O) groups excluding carboxylic acids is 2. The van der Waals surface area contributed by atoms with Gasteiger partial charge in [0, 0.05) is 10.7 Å². The lowest BCUT2D eigenvalue weighted by Crippen LogP contribution is -2.29. The summed E-state index contributed by atoms with van der Waals surface area (Å²) in [6.45, 7) is 0. The molecule has 0 radical (unpaired) electrons. The highest BCUT2D eigenvalue weighted by Crippen LogP contribution is 2.48. The summed E-state index contributed by atoms with van der Waals surface area (Å²) in [5, 5.41) is 11.7. The van der Waals surface area contributed by atoms with E-state index in [1.165, 1.54) is 55.5 Å². The van der Waals surface area contributed by atoms with Crippen LogP contribution in [0.2, 0.25) is 15.1 Å². The molecule has 180 valence electrons. The fourth-order valence-corrected chi connectivity index (χ4v) is 4.85. The zero-order valence-corrected chi connectivity index (χ0v) is 20.6. The zero-order chi connectivity index (χ0) is 25.4. The van der Waals surface area contributed by atoms with Gasteiger partial charge < -0.3 is 14.6 Å². The molecule has 6 nitrogen and oxygen atoms in total. The lowest BCUT2D eigenvalue weighted by molar-refractivity contribution is -0.132. The predicted molar refractivity (Wildman–Crippen MR) is 132 cm³/mol. The van der Waals surface area contributed by atoms with Gasteiger partial charge in [-0.2, -0.15) is 0 Å². The van der Waals surface area contributed by atoms with Crippen molar-refractivity contribution in [1.82, 2.24) is 0 Å². The number of anilines is 1. The van der Waals surface area contributed by atoms with Gasteiger partial charge in [-0.05, 0) is 42.0 Å². The average molecular weight is 537 g/mol. The Kier molecular flexibility index (Phi) is 6.94. The number of ketones is 1. The van der Waals surface area contributed by atoms with E-state index >= 15 is 0 Å². The average Bonchev–Trinajstić information content (AvgIpc) is 3.09. The SMILES string of the molecule is COc1c(Cl)cc(/C(O)=C2\C(=O)C(=O)N(c3cccc(Cl)c3)C2c2ccc(F)cc2)c(OC)c1Cl. The number of hydrogen-bond acceptors (Lipinski definition) is 5. The third kappa shape index (κ3) is 4.31. The number of benzene rings is 3. The van der Waals surface area contributed by atoms with Crippen LogP contribution >= 0.6 is 34.8 Å². The first-order valence-electron chi connectivity index (χ1n) is 10.1. The summed E-state index contributed by atoms with van der Waals surface area (Å²) < 4.78 is 24.2. The number of Topliss-reactive ketones (excluding diaryl/α,β-unsaturated/α-hetero) is 1. The predicted octanol–water partition coefficient (Wildman–Crippen LogP) is 6.43. The van der Waals surface area contributed by atoms with E-state index in [4.69, 9.17) is 44.3 Å². The van der Waals surface area contributed by atoms with Crippen molar-refractivity contribution in [1.29, 1.82) is 0 Å². The van der Waals surface area contributed by atoms with Gasteiger partial charge >= 0.3 is 0 Å². The normalized spacial score (nSPS) is 17.1. The molecule has 1 unspecified atom stereocenters. The maximum atomic E-state index is 13.7. The second kappa shape index (κ2) is 9.77. The van der Waals surface area contributed by atoms with Crippen molar-refractivity contribution in [2.75, 3.05) is 19.1 Å². The number of carbonyl (C=O) groups is 2. The Morgan fingerprint density at radius 3 is 2.23 bits per heavy atom. The molecule has 0 bridgehead atoms. The number of methoxy groups -OCH3 is 2. The van der Waals surface area contributed by atoms with Gasteiger partial charge in [0.15, 0.2) is 11.5 Å². The number of nitrogens with zero attached hydrogens (tertiary/aromatic N) is 1. The van der Waals surface area contributed by atoms with Crippen molar-refractivity contribution in [3.8, 4) is 11.5 Å². The van der Waals surface area contributed by atoms with E-state index in [-0.39, 0.29) is 32.7 Å². The van der Waals surface area contributed by atoms with Crippen LogP contribution in [0.3, 0.4) is 0 Å². The monoisotopic (exact) mass is 535 g/mol. The van der Waals surface area contributed by atoms with Gasteiger partial charge in [-0.15, -0.1) is 0 Å².